The third-order valence-corrected chi connectivity index (χ3v) is 2.80. The van der Waals surface area contributed by atoms with Crippen LogP contribution >= 0.6 is 0 Å². The summed E-state index contributed by atoms with van der Waals surface area (Å²) in [4.78, 5) is 25.0. The van der Waals surface area contributed by atoms with Crippen LogP contribution in [0.4, 0.5) is 0 Å². The molecule has 0 aromatic carbocycles. The predicted molar refractivity (Wildman–Crippen MR) is 64.7 cm³/mol. The van der Waals surface area contributed by atoms with Crippen LogP contribution in [0.2, 0.25) is 0 Å². The molecule has 1 aliphatic rings. The molecular formula is C12H22N2O3. The lowest BCUT2D eigenvalue weighted by Crippen LogP contribution is -2.39. The van der Waals surface area contributed by atoms with E-state index >= 15 is 0 Å². The number of ketones is 1. The Labute approximate surface area is 102 Å². The molecule has 0 saturated carbocycles. The summed E-state index contributed by atoms with van der Waals surface area (Å²) >= 11 is 0. The van der Waals surface area contributed by atoms with E-state index in [9.17, 15) is 9.59 Å². The van der Waals surface area contributed by atoms with Crippen molar-refractivity contribution in [2.75, 3.05) is 39.9 Å². The second kappa shape index (κ2) is 7.40. The molecule has 0 aromatic heterocycles. The minimum absolute atomic E-state index is 0.0233. The number of Topliss-reactive ketones (excluding diaryl/α,β-unsaturated/α-hetero) is 1. The summed E-state index contributed by atoms with van der Waals surface area (Å²) < 4.78 is 5.18. The molecule has 1 atom stereocenters. The first kappa shape index (κ1) is 14.1. The maximum absolute atomic E-state index is 11.8. The molecule has 17 heavy (non-hydrogen) atoms. The number of carbonyl (C=O) groups is 2. The molecular weight excluding hydrogens is 220 g/mol. The normalized spacial score (nSPS) is 19.6. The van der Waals surface area contributed by atoms with Crippen LogP contribution in [0.25, 0.3) is 0 Å². The fourth-order valence-corrected chi connectivity index (χ4v) is 1.80. The van der Waals surface area contributed by atoms with Gasteiger partial charge in [-0.15, -0.1) is 0 Å². The van der Waals surface area contributed by atoms with Gasteiger partial charge in [0.25, 0.3) is 0 Å². The van der Waals surface area contributed by atoms with E-state index in [2.05, 4.69) is 5.32 Å². The predicted octanol–water partition coefficient (Wildman–Crippen LogP) is 0.0500. The van der Waals surface area contributed by atoms with Crippen molar-refractivity contribution in [2.24, 2.45) is 5.92 Å². The summed E-state index contributed by atoms with van der Waals surface area (Å²) in [5.41, 5.74) is 0. The van der Waals surface area contributed by atoms with E-state index in [0.29, 0.717) is 26.3 Å². The van der Waals surface area contributed by atoms with E-state index in [1.54, 1.807) is 11.9 Å². The highest BCUT2D eigenvalue weighted by Crippen LogP contribution is 2.13. The molecule has 5 heteroatoms. The van der Waals surface area contributed by atoms with Gasteiger partial charge < -0.3 is 10.1 Å². The Morgan fingerprint density at radius 2 is 2.18 bits per heavy atom. The molecule has 0 aromatic rings. The third-order valence-electron chi connectivity index (χ3n) is 2.80. The van der Waals surface area contributed by atoms with Crippen LogP contribution in [0.5, 0.6) is 0 Å². The monoisotopic (exact) mass is 242 g/mol. The lowest BCUT2D eigenvalue weighted by Gasteiger charge is -2.17. The largest absolute Gasteiger partial charge is 0.381 e. The first-order valence-corrected chi connectivity index (χ1v) is 6.19. The Morgan fingerprint density at radius 1 is 1.41 bits per heavy atom. The number of rotatable bonds is 7. The zero-order valence-corrected chi connectivity index (χ0v) is 10.7. The number of amides is 1. The fraction of sp³-hybridized carbons (Fsp3) is 0.833. The molecule has 1 aliphatic heterocycles. The molecule has 1 heterocycles. The number of carbonyl (C=O) groups excluding carboxylic acids is 2. The van der Waals surface area contributed by atoms with Gasteiger partial charge in [-0.3, -0.25) is 14.5 Å². The third kappa shape index (κ3) is 5.28. The average molecular weight is 242 g/mol. The van der Waals surface area contributed by atoms with Crippen molar-refractivity contribution in [2.45, 2.75) is 19.8 Å². The van der Waals surface area contributed by atoms with Crippen LogP contribution in [0, 0.1) is 5.92 Å². The minimum atomic E-state index is -0.0233. The van der Waals surface area contributed by atoms with Gasteiger partial charge in [0, 0.05) is 19.1 Å². The topological polar surface area (TPSA) is 58.6 Å². The SMILES string of the molecule is CCCNC(=O)CN(C)CC(=O)C1CCOC1. The van der Waals surface area contributed by atoms with E-state index in [-0.39, 0.29) is 24.2 Å². The molecule has 1 saturated heterocycles. The van der Waals surface area contributed by atoms with Gasteiger partial charge in [-0.05, 0) is 19.9 Å². The van der Waals surface area contributed by atoms with Crippen LogP contribution in [-0.2, 0) is 14.3 Å². The quantitative estimate of drug-likeness (QED) is 0.685. The Hall–Kier alpha value is -0.940. The summed E-state index contributed by atoms with van der Waals surface area (Å²) in [6, 6.07) is 0. The summed E-state index contributed by atoms with van der Waals surface area (Å²) in [6.07, 6.45) is 1.74. The van der Waals surface area contributed by atoms with Gasteiger partial charge in [0.1, 0.15) is 0 Å². The Bertz CT molecular complexity index is 262. The molecule has 1 unspecified atom stereocenters. The number of hydrogen-bond donors (Lipinski definition) is 1. The van der Waals surface area contributed by atoms with Crippen LogP contribution in [-0.4, -0.2) is 56.5 Å². The van der Waals surface area contributed by atoms with Crippen LogP contribution in [0.15, 0.2) is 0 Å². The van der Waals surface area contributed by atoms with Gasteiger partial charge in [-0.25, -0.2) is 0 Å². The molecule has 0 aliphatic carbocycles. The fourth-order valence-electron chi connectivity index (χ4n) is 1.80. The van der Waals surface area contributed by atoms with E-state index in [1.165, 1.54) is 0 Å². The number of ether oxygens (including phenoxy) is 1. The van der Waals surface area contributed by atoms with E-state index in [4.69, 9.17) is 4.74 Å². The summed E-state index contributed by atoms with van der Waals surface area (Å²) in [5, 5.41) is 2.79. The second-order valence-electron chi connectivity index (χ2n) is 4.55. The zero-order chi connectivity index (χ0) is 12.7. The van der Waals surface area contributed by atoms with Gasteiger partial charge in [-0.1, -0.05) is 6.92 Å². The Balaban J connectivity index is 2.21. The molecule has 0 spiro atoms. The molecule has 98 valence electrons. The smallest absolute Gasteiger partial charge is 0.234 e. The molecule has 1 amide bonds. The van der Waals surface area contributed by atoms with E-state index in [0.717, 1.165) is 12.8 Å². The van der Waals surface area contributed by atoms with Gasteiger partial charge in [-0.2, -0.15) is 0 Å². The summed E-state index contributed by atoms with van der Waals surface area (Å²) in [7, 11) is 1.79. The first-order valence-electron chi connectivity index (χ1n) is 6.19. The van der Waals surface area contributed by atoms with Gasteiger partial charge in [0.05, 0.1) is 19.7 Å². The molecule has 0 bridgehead atoms. The number of nitrogens with one attached hydrogen (secondary N) is 1. The van der Waals surface area contributed by atoms with E-state index in [1.807, 2.05) is 6.92 Å². The minimum Gasteiger partial charge on any atom is -0.381 e. The Morgan fingerprint density at radius 3 is 2.76 bits per heavy atom. The van der Waals surface area contributed by atoms with Gasteiger partial charge >= 0.3 is 0 Å². The van der Waals surface area contributed by atoms with Crippen molar-refractivity contribution in [3.05, 3.63) is 0 Å². The highest BCUT2D eigenvalue weighted by molar-refractivity contribution is 5.84. The van der Waals surface area contributed by atoms with E-state index < -0.39 is 0 Å². The average Bonchev–Trinajstić information content (AvgIpc) is 2.79. The lowest BCUT2D eigenvalue weighted by atomic mass is 10.0. The summed E-state index contributed by atoms with van der Waals surface area (Å²) in [5.74, 6) is 0.175. The van der Waals surface area contributed by atoms with Gasteiger partial charge in [0.2, 0.25) is 5.91 Å². The number of hydrogen-bond acceptors (Lipinski definition) is 4. The van der Waals surface area contributed by atoms with Crippen molar-refractivity contribution < 1.29 is 14.3 Å². The zero-order valence-electron chi connectivity index (χ0n) is 10.7. The maximum atomic E-state index is 11.8. The van der Waals surface area contributed by atoms with Crippen molar-refractivity contribution in [3.8, 4) is 0 Å². The van der Waals surface area contributed by atoms with Crippen LogP contribution in [0.1, 0.15) is 19.8 Å². The molecule has 1 fully saturated rings. The van der Waals surface area contributed by atoms with Crippen molar-refractivity contribution in [1.82, 2.24) is 10.2 Å². The number of nitrogens with zero attached hydrogens (tertiary/aromatic N) is 1. The second-order valence-corrected chi connectivity index (χ2v) is 4.55. The van der Waals surface area contributed by atoms with Crippen molar-refractivity contribution in [3.63, 3.8) is 0 Å². The highest BCUT2D eigenvalue weighted by atomic mass is 16.5. The molecule has 0 radical (unpaired) electrons. The van der Waals surface area contributed by atoms with Crippen LogP contribution < -0.4 is 5.32 Å². The maximum Gasteiger partial charge on any atom is 0.234 e. The molecule has 1 N–H and O–H groups in total. The number of likely N-dealkylation sites (N-methyl/N-ethyl adjacent to an activating group) is 1. The molecule has 5 nitrogen and oxygen atoms in total. The highest BCUT2D eigenvalue weighted by Gasteiger charge is 2.24. The van der Waals surface area contributed by atoms with Crippen LogP contribution in [0.3, 0.4) is 0 Å². The first-order chi connectivity index (χ1) is 8.13. The van der Waals surface area contributed by atoms with Crippen molar-refractivity contribution in [1.29, 1.82) is 0 Å². The lowest BCUT2D eigenvalue weighted by molar-refractivity contribution is -0.125. The standard InChI is InChI=1S/C12H22N2O3/c1-3-5-13-12(16)8-14(2)7-11(15)10-4-6-17-9-10/h10H,3-9H2,1-2H3,(H,13,16). The van der Waals surface area contributed by atoms with Crippen molar-refractivity contribution >= 4 is 11.7 Å². The Kier molecular flexibility index (Phi) is 6.15. The molecule has 1 rings (SSSR count). The van der Waals surface area contributed by atoms with Gasteiger partial charge in [0.15, 0.2) is 5.78 Å². The summed E-state index contributed by atoms with van der Waals surface area (Å²) in [6.45, 7) is 4.52.